The molecule has 2 aliphatic rings. The SMILES string of the molecule is CCCCC(Cc1ccc(-c2ccccc2-c2nnn[nH]2)cc1)=C1CC(=O)N2C(C(=O)OCC)CCC(C)N12. The van der Waals surface area contributed by atoms with Gasteiger partial charge in [-0.15, -0.1) is 5.10 Å². The number of nitrogens with one attached hydrogen (secondary N) is 1. The van der Waals surface area contributed by atoms with Gasteiger partial charge in [0.2, 0.25) is 5.91 Å². The third-order valence-corrected chi connectivity index (χ3v) is 7.66. The fourth-order valence-electron chi connectivity index (χ4n) is 5.73. The van der Waals surface area contributed by atoms with Crippen LogP contribution in [0.2, 0.25) is 0 Å². The molecule has 2 atom stereocenters. The number of rotatable bonds is 9. The molecule has 3 aromatic rings. The molecule has 9 heteroatoms. The predicted octanol–water partition coefficient (Wildman–Crippen LogP) is 5.08. The van der Waals surface area contributed by atoms with Gasteiger partial charge in [-0.3, -0.25) is 9.80 Å². The Bertz CT molecular complexity index is 1330. The largest absolute Gasteiger partial charge is 0.464 e. The standard InChI is InChI=1S/C30H36N6O3/c1-4-6-9-23(27-19-28(37)36-26(30(38)39-5-2)17-12-20(3)35(27)36)18-21-13-15-22(16-14-21)24-10-7-8-11-25(24)29-31-33-34-32-29/h7-8,10-11,13-16,20,26H,4-6,9,12,17-19H2,1-3H3,(H,31,32,33,34). The van der Waals surface area contributed by atoms with Gasteiger partial charge < -0.3 is 4.74 Å². The van der Waals surface area contributed by atoms with Gasteiger partial charge in [0.05, 0.1) is 13.0 Å². The number of hydrazine groups is 1. The number of aromatic amines is 1. The molecule has 1 N–H and O–H groups in total. The summed E-state index contributed by atoms with van der Waals surface area (Å²) in [6.45, 7) is 6.44. The Balaban J connectivity index is 1.44. The Labute approximate surface area is 229 Å². The number of carbonyl (C=O) groups excluding carboxylic acids is 2. The number of tetrazole rings is 1. The summed E-state index contributed by atoms with van der Waals surface area (Å²) >= 11 is 0. The van der Waals surface area contributed by atoms with Crippen molar-refractivity contribution in [3.05, 3.63) is 65.4 Å². The van der Waals surface area contributed by atoms with Crippen LogP contribution in [0.25, 0.3) is 22.5 Å². The summed E-state index contributed by atoms with van der Waals surface area (Å²) < 4.78 is 5.32. The van der Waals surface area contributed by atoms with Gasteiger partial charge in [0.15, 0.2) is 11.9 Å². The second-order valence-electron chi connectivity index (χ2n) is 10.3. The van der Waals surface area contributed by atoms with Gasteiger partial charge in [-0.2, -0.15) is 0 Å². The number of carbonyl (C=O) groups is 2. The van der Waals surface area contributed by atoms with Crippen LogP contribution in [0.15, 0.2) is 59.8 Å². The van der Waals surface area contributed by atoms with Crippen LogP contribution in [0.5, 0.6) is 0 Å². The Morgan fingerprint density at radius 3 is 2.51 bits per heavy atom. The normalized spacial score (nSPS) is 20.2. The molecule has 1 aromatic heterocycles. The van der Waals surface area contributed by atoms with Gasteiger partial charge in [0, 0.05) is 17.3 Å². The van der Waals surface area contributed by atoms with Crippen LogP contribution >= 0.6 is 0 Å². The molecule has 3 heterocycles. The van der Waals surface area contributed by atoms with Crippen LogP contribution in [0, 0.1) is 0 Å². The molecule has 0 aliphatic carbocycles. The fraction of sp³-hybridized carbons (Fsp3) is 0.433. The molecule has 2 saturated heterocycles. The zero-order chi connectivity index (χ0) is 27.4. The maximum absolute atomic E-state index is 13.3. The number of allylic oxidation sites excluding steroid dienone is 1. The maximum atomic E-state index is 13.3. The summed E-state index contributed by atoms with van der Waals surface area (Å²) in [6, 6.07) is 16.2. The molecular formula is C30H36N6O3. The monoisotopic (exact) mass is 528 g/mol. The first-order valence-corrected chi connectivity index (χ1v) is 13.9. The molecule has 5 rings (SSSR count). The molecule has 1 amide bonds. The smallest absolute Gasteiger partial charge is 0.330 e. The summed E-state index contributed by atoms with van der Waals surface area (Å²) in [7, 11) is 0. The first kappa shape index (κ1) is 26.6. The Morgan fingerprint density at radius 1 is 1.05 bits per heavy atom. The minimum atomic E-state index is -0.544. The van der Waals surface area contributed by atoms with Crippen LogP contribution in [-0.4, -0.2) is 61.2 Å². The van der Waals surface area contributed by atoms with Gasteiger partial charge in [0.1, 0.15) is 0 Å². The van der Waals surface area contributed by atoms with Crippen molar-refractivity contribution in [1.82, 2.24) is 30.6 Å². The molecule has 0 radical (unpaired) electrons. The lowest BCUT2D eigenvalue weighted by atomic mass is 9.94. The van der Waals surface area contributed by atoms with E-state index in [1.54, 1.807) is 11.9 Å². The maximum Gasteiger partial charge on any atom is 0.330 e. The second-order valence-corrected chi connectivity index (χ2v) is 10.3. The van der Waals surface area contributed by atoms with Crippen LogP contribution in [0.4, 0.5) is 0 Å². The molecule has 0 bridgehead atoms. The van der Waals surface area contributed by atoms with Crippen molar-refractivity contribution in [2.45, 2.75) is 77.8 Å². The lowest BCUT2D eigenvalue weighted by Gasteiger charge is -2.44. The van der Waals surface area contributed by atoms with E-state index in [0.29, 0.717) is 25.3 Å². The topological polar surface area (TPSA) is 104 Å². The minimum absolute atomic E-state index is 0.0162. The second kappa shape index (κ2) is 11.8. The Morgan fingerprint density at radius 2 is 1.82 bits per heavy atom. The summed E-state index contributed by atoms with van der Waals surface area (Å²) in [5, 5.41) is 18.2. The van der Waals surface area contributed by atoms with E-state index in [9.17, 15) is 9.59 Å². The van der Waals surface area contributed by atoms with Gasteiger partial charge in [-0.25, -0.2) is 14.9 Å². The Hall–Kier alpha value is -4.01. The molecule has 0 spiro atoms. The van der Waals surface area contributed by atoms with Crippen molar-refractivity contribution in [2.75, 3.05) is 6.61 Å². The van der Waals surface area contributed by atoms with E-state index in [1.807, 2.05) is 18.2 Å². The van der Waals surface area contributed by atoms with Crippen LogP contribution in [-0.2, 0) is 20.7 Å². The highest BCUT2D eigenvalue weighted by Crippen LogP contribution is 2.39. The molecule has 39 heavy (non-hydrogen) atoms. The molecule has 2 fully saturated rings. The average molecular weight is 529 g/mol. The highest BCUT2D eigenvalue weighted by atomic mass is 16.5. The number of amides is 1. The van der Waals surface area contributed by atoms with Crippen molar-refractivity contribution >= 4 is 11.9 Å². The highest BCUT2D eigenvalue weighted by Gasteiger charge is 2.47. The average Bonchev–Trinajstić information content (AvgIpc) is 3.61. The number of ether oxygens (including phenoxy) is 1. The van der Waals surface area contributed by atoms with Crippen molar-refractivity contribution in [3.63, 3.8) is 0 Å². The number of fused-ring (bicyclic) bond motifs is 1. The summed E-state index contributed by atoms with van der Waals surface area (Å²) in [5.74, 6) is 0.307. The number of nitrogens with zero attached hydrogens (tertiary/aromatic N) is 5. The molecule has 204 valence electrons. The van der Waals surface area contributed by atoms with E-state index in [0.717, 1.165) is 54.5 Å². The number of benzene rings is 2. The molecule has 0 saturated carbocycles. The zero-order valence-electron chi connectivity index (χ0n) is 22.9. The first-order chi connectivity index (χ1) is 19.0. The number of unbranched alkanes of at least 4 members (excludes halogenated alkanes) is 1. The summed E-state index contributed by atoms with van der Waals surface area (Å²) in [4.78, 5) is 26.0. The van der Waals surface area contributed by atoms with Crippen molar-refractivity contribution in [2.24, 2.45) is 0 Å². The fourth-order valence-corrected chi connectivity index (χ4v) is 5.73. The lowest BCUT2D eigenvalue weighted by molar-refractivity contribution is -0.170. The van der Waals surface area contributed by atoms with Gasteiger partial charge >= 0.3 is 5.97 Å². The number of hydrogen-bond donors (Lipinski definition) is 1. The molecule has 2 aliphatic heterocycles. The van der Waals surface area contributed by atoms with E-state index in [4.69, 9.17) is 4.74 Å². The van der Waals surface area contributed by atoms with Gasteiger partial charge in [-0.1, -0.05) is 61.9 Å². The van der Waals surface area contributed by atoms with Crippen LogP contribution in [0.3, 0.4) is 0 Å². The van der Waals surface area contributed by atoms with Crippen LogP contribution in [0.1, 0.15) is 64.9 Å². The predicted molar refractivity (Wildman–Crippen MR) is 148 cm³/mol. The molecule has 2 unspecified atom stereocenters. The van der Waals surface area contributed by atoms with Crippen molar-refractivity contribution in [3.8, 4) is 22.5 Å². The van der Waals surface area contributed by atoms with E-state index in [2.05, 4.69) is 69.8 Å². The van der Waals surface area contributed by atoms with Crippen LogP contribution < -0.4 is 0 Å². The quantitative estimate of drug-likeness (QED) is 0.386. The summed E-state index contributed by atoms with van der Waals surface area (Å²) in [6.07, 6.45) is 5.60. The van der Waals surface area contributed by atoms with E-state index >= 15 is 0 Å². The number of hydrogen-bond acceptors (Lipinski definition) is 7. The number of esters is 1. The molecule has 9 nitrogen and oxygen atoms in total. The van der Waals surface area contributed by atoms with Gasteiger partial charge in [0.25, 0.3) is 0 Å². The van der Waals surface area contributed by atoms with Crippen molar-refractivity contribution in [1.29, 1.82) is 0 Å². The highest BCUT2D eigenvalue weighted by molar-refractivity contribution is 5.88. The van der Waals surface area contributed by atoms with Gasteiger partial charge in [-0.05, 0) is 78.6 Å². The van der Waals surface area contributed by atoms with E-state index in [-0.39, 0.29) is 17.9 Å². The van der Waals surface area contributed by atoms with E-state index < -0.39 is 6.04 Å². The minimum Gasteiger partial charge on any atom is -0.464 e. The first-order valence-electron chi connectivity index (χ1n) is 13.9. The lowest BCUT2D eigenvalue weighted by Crippen LogP contribution is -2.56. The Kier molecular flexibility index (Phi) is 8.05. The zero-order valence-corrected chi connectivity index (χ0v) is 22.9. The third kappa shape index (κ3) is 5.44. The number of aromatic nitrogens is 4. The molecule has 2 aromatic carbocycles. The molecular weight excluding hydrogens is 492 g/mol. The third-order valence-electron chi connectivity index (χ3n) is 7.66. The summed E-state index contributed by atoms with van der Waals surface area (Å²) in [5.41, 5.74) is 6.59. The van der Waals surface area contributed by atoms with E-state index in [1.165, 1.54) is 11.1 Å². The van der Waals surface area contributed by atoms with Crippen molar-refractivity contribution < 1.29 is 14.3 Å². The number of H-pyrrole nitrogens is 1.